The molecule has 0 saturated heterocycles. The summed E-state index contributed by atoms with van der Waals surface area (Å²) in [4.78, 5) is 0. The van der Waals surface area contributed by atoms with Crippen LogP contribution in [0.1, 0.15) is 6.42 Å². The van der Waals surface area contributed by atoms with Gasteiger partial charge in [-0.1, -0.05) is 6.08 Å². The van der Waals surface area contributed by atoms with Crippen molar-refractivity contribution < 1.29 is 5.11 Å². The molecule has 0 aromatic carbocycles. The average Bonchev–Trinajstić information content (AvgIpc) is 1.90. The minimum absolute atomic E-state index is 0.175. The highest BCUT2D eigenvalue weighted by Crippen LogP contribution is 2.03. The first-order valence-corrected chi connectivity index (χ1v) is 2.63. The molecule has 0 atom stereocenters. The zero-order valence-corrected chi connectivity index (χ0v) is 4.59. The van der Waals surface area contributed by atoms with Gasteiger partial charge in [0.05, 0.1) is 6.61 Å². The van der Waals surface area contributed by atoms with Gasteiger partial charge in [0, 0.05) is 0 Å². The van der Waals surface area contributed by atoms with Crippen molar-refractivity contribution >= 4 is 0 Å². The topological polar surface area (TPSA) is 20.2 Å². The van der Waals surface area contributed by atoms with Crippen LogP contribution in [0.15, 0.2) is 29.5 Å². The highest BCUT2D eigenvalue weighted by Gasteiger charge is 1.90. The van der Waals surface area contributed by atoms with Gasteiger partial charge in [-0.2, -0.15) is 0 Å². The van der Waals surface area contributed by atoms with Crippen LogP contribution in [0.25, 0.3) is 0 Å². The first-order chi connectivity index (χ1) is 3.93. The van der Waals surface area contributed by atoms with Gasteiger partial charge < -0.3 is 5.11 Å². The van der Waals surface area contributed by atoms with E-state index in [0.717, 1.165) is 12.0 Å². The Bertz CT molecular complexity index is 159. The Morgan fingerprint density at radius 3 is 3.00 bits per heavy atom. The van der Waals surface area contributed by atoms with Crippen molar-refractivity contribution in [3.63, 3.8) is 0 Å². The summed E-state index contributed by atoms with van der Waals surface area (Å²) in [6.07, 6.45) is 6.47. The summed E-state index contributed by atoms with van der Waals surface area (Å²) in [7, 11) is 0. The first kappa shape index (κ1) is 5.36. The Labute approximate surface area is 48.6 Å². The second-order valence-corrected chi connectivity index (χ2v) is 1.72. The van der Waals surface area contributed by atoms with Crippen molar-refractivity contribution in [2.75, 3.05) is 6.61 Å². The van der Waals surface area contributed by atoms with Gasteiger partial charge in [-0.25, -0.2) is 0 Å². The standard InChI is InChI=1S/C7H8O/c8-6-7-4-2-1-3-5-7/h2-4,8H,5-6H2. The van der Waals surface area contributed by atoms with Gasteiger partial charge in [0.15, 0.2) is 0 Å². The molecule has 0 bridgehead atoms. The van der Waals surface area contributed by atoms with E-state index < -0.39 is 0 Å². The lowest BCUT2D eigenvalue weighted by molar-refractivity contribution is 0.329. The molecular formula is C7H8O. The minimum atomic E-state index is 0.175. The Kier molecular flexibility index (Phi) is 1.68. The van der Waals surface area contributed by atoms with Gasteiger partial charge in [0.2, 0.25) is 0 Å². The number of hydrogen-bond donors (Lipinski definition) is 1. The van der Waals surface area contributed by atoms with Gasteiger partial charge in [0.25, 0.3) is 0 Å². The highest BCUT2D eigenvalue weighted by atomic mass is 16.3. The van der Waals surface area contributed by atoms with Crippen LogP contribution in [-0.4, -0.2) is 11.7 Å². The molecule has 0 unspecified atom stereocenters. The second-order valence-electron chi connectivity index (χ2n) is 1.72. The van der Waals surface area contributed by atoms with E-state index in [-0.39, 0.29) is 6.61 Å². The molecule has 1 aliphatic rings. The fraction of sp³-hybridized carbons (Fsp3) is 0.286. The van der Waals surface area contributed by atoms with Crippen molar-refractivity contribution in [3.8, 4) is 0 Å². The van der Waals surface area contributed by atoms with Gasteiger partial charge in [-0.15, -0.1) is 5.73 Å². The van der Waals surface area contributed by atoms with Gasteiger partial charge >= 0.3 is 0 Å². The molecule has 0 amide bonds. The largest absolute Gasteiger partial charge is 0.392 e. The molecule has 8 heavy (non-hydrogen) atoms. The van der Waals surface area contributed by atoms with Crippen LogP contribution < -0.4 is 0 Å². The van der Waals surface area contributed by atoms with Crippen LogP contribution in [0.5, 0.6) is 0 Å². The van der Waals surface area contributed by atoms with Crippen LogP contribution in [0, 0.1) is 0 Å². The molecular weight excluding hydrogens is 100 g/mol. The molecule has 1 aliphatic carbocycles. The Morgan fingerprint density at radius 1 is 1.75 bits per heavy atom. The molecule has 1 heteroatoms. The third-order valence-corrected chi connectivity index (χ3v) is 1.10. The fourth-order valence-corrected chi connectivity index (χ4v) is 0.609. The zero-order valence-electron chi connectivity index (χ0n) is 4.59. The lowest BCUT2D eigenvalue weighted by Crippen LogP contribution is -1.88. The summed E-state index contributed by atoms with van der Waals surface area (Å²) < 4.78 is 0. The number of aliphatic hydroxyl groups excluding tert-OH is 1. The molecule has 42 valence electrons. The minimum Gasteiger partial charge on any atom is -0.392 e. The number of aliphatic hydroxyl groups is 1. The highest BCUT2D eigenvalue weighted by molar-refractivity contribution is 5.19. The SMILES string of the molecule is OCC1=CC=C=CC1. The third kappa shape index (κ3) is 1.09. The van der Waals surface area contributed by atoms with E-state index in [2.05, 4.69) is 5.73 Å². The summed E-state index contributed by atoms with van der Waals surface area (Å²) >= 11 is 0. The summed E-state index contributed by atoms with van der Waals surface area (Å²) in [6.45, 7) is 0.175. The summed E-state index contributed by atoms with van der Waals surface area (Å²) in [6, 6.07) is 0. The van der Waals surface area contributed by atoms with E-state index in [4.69, 9.17) is 5.11 Å². The Balaban J connectivity index is 2.63. The van der Waals surface area contributed by atoms with Crippen LogP contribution in [0.2, 0.25) is 0 Å². The molecule has 0 fully saturated rings. The smallest absolute Gasteiger partial charge is 0.0648 e. The van der Waals surface area contributed by atoms with Crippen molar-refractivity contribution in [3.05, 3.63) is 29.5 Å². The summed E-state index contributed by atoms with van der Waals surface area (Å²) in [5, 5.41) is 8.55. The maximum atomic E-state index is 8.55. The maximum absolute atomic E-state index is 8.55. The van der Waals surface area contributed by atoms with Crippen molar-refractivity contribution in [1.29, 1.82) is 0 Å². The molecule has 0 aromatic rings. The molecule has 0 aromatic heterocycles. The molecule has 1 N–H and O–H groups in total. The molecule has 0 heterocycles. The predicted octanol–water partition coefficient (Wildman–Crippen LogP) is 1.02. The quantitative estimate of drug-likeness (QED) is 0.497. The van der Waals surface area contributed by atoms with Crippen molar-refractivity contribution in [2.45, 2.75) is 6.42 Å². The number of allylic oxidation sites excluding steroid dienone is 2. The van der Waals surface area contributed by atoms with Crippen molar-refractivity contribution in [1.82, 2.24) is 0 Å². The van der Waals surface area contributed by atoms with Crippen LogP contribution >= 0.6 is 0 Å². The van der Waals surface area contributed by atoms with Crippen molar-refractivity contribution in [2.24, 2.45) is 0 Å². The molecule has 1 rings (SSSR count). The van der Waals surface area contributed by atoms with Gasteiger partial charge in [-0.05, 0) is 24.1 Å². The van der Waals surface area contributed by atoms with Gasteiger partial charge in [-0.3, -0.25) is 0 Å². The lowest BCUT2D eigenvalue weighted by atomic mass is 10.1. The maximum Gasteiger partial charge on any atom is 0.0648 e. The van der Waals surface area contributed by atoms with Gasteiger partial charge in [0.1, 0.15) is 0 Å². The van der Waals surface area contributed by atoms with Crippen LogP contribution in [0.3, 0.4) is 0 Å². The summed E-state index contributed by atoms with van der Waals surface area (Å²) in [5.41, 5.74) is 3.97. The van der Waals surface area contributed by atoms with E-state index >= 15 is 0 Å². The molecule has 0 spiro atoms. The fourth-order valence-electron chi connectivity index (χ4n) is 0.609. The molecule has 0 radical (unpaired) electrons. The van der Waals surface area contributed by atoms with E-state index in [1.54, 1.807) is 0 Å². The number of rotatable bonds is 1. The first-order valence-electron chi connectivity index (χ1n) is 2.63. The summed E-state index contributed by atoms with van der Waals surface area (Å²) in [5.74, 6) is 0. The normalized spacial score (nSPS) is 16.4. The Morgan fingerprint density at radius 2 is 2.62 bits per heavy atom. The van der Waals surface area contributed by atoms with E-state index in [1.165, 1.54) is 0 Å². The van der Waals surface area contributed by atoms with E-state index in [9.17, 15) is 0 Å². The van der Waals surface area contributed by atoms with Crippen LogP contribution in [0.4, 0.5) is 0 Å². The van der Waals surface area contributed by atoms with E-state index in [1.807, 2.05) is 18.2 Å². The van der Waals surface area contributed by atoms with Crippen LogP contribution in [-0.2, 0) is 0 Å². The third-order valence-electron chi connectivity index (χ3n) is 1.10. The predicted molar refractivity (Wildman–Crippen MR) is 32.4 cm³/mol. The number of hydrogen-bond acceptors (Lipinski definition) is 1. The van der Waals surface area contributed by atoms with E-state index in [0.29, 0.717) is 0 Å². The molecule has 1 nitrogen and oxygen atoms in total. The Hall–Kier alpha value is -0.780. The second kappa shape index (κ2) is 2.51. The lowest BCUT2D eigenvalue weighted by Gasteiger charge is -1.97. The molecule has 0 aliphatic heterocycles. The monoisotopic (exact) mass is 108 g/mol. The average molecular weight is 108 g/mol. The molecule has 0 saturated carbocycles. The zero-order chi connectivity index (χ0) is 5.82.